The zero-order valence-electron chi connectivity index (χ0n) is 17.0. The molecule has 3 rings (SSSR count). The number of benzene rings is 2. The molecule has 0 saturated heterocycles. The van der Waals surface area contributed by atoms with Crippen LogP contribution in [0.4, 0.5) is 0 Å². The van der Waals surface area contributed by atoms with Crippen LogP contribution in [0, 0.1) is 12.3 Å². The van der Waals surface area contributed by atoms with E-state index in [2.05, 4.69) is 29.6 Å². The van der Waals surface area contributed by atoms with Crippen LogP contribution in [0.15, 0.2) is 60.8 Å². The van der Waals surface area contributed by atoms with Gasteiger partial charge in [0.25, 0.3) is 0 Å². The van der Waals surface area contributed by atoms with Crippen LogP contribution < -0.4 is 10.1 Å². The number of carbonyl (C=O) groups is 2. The number of aliphatic carboxylic acids is 2. The minimum atomic E-state index is -1.82. The first kappa shape index (κ1) is 23.2. The Morgan fingerprint density at radius 2 is 1.84 bits per heavy atom. The number of rotatable bonds is 7. The zero-order valence-corrected chi connectivity index (χ0v) is 17.0. The highest BCUT2D eigenvalue weighted by molar-refractivity contribution is 6.27. The topological polar surface area (TPSA) is 114 Å². The van der Waals surface area contributed by atoms with Crippen molar-refractivity contribution in [1.29, 1.82) is 0 Å². The fourth-order valence-electron chi connectivity index (χ4n) is 2.73. The largest absolute Gasteiger partial charge is 0.497 e. The fraction of sp³-hybridized carbons (Fsp3) is 0.174. The van der Waals surface area contributed by atoms with Gasteiger partial charge in [-0.15, -0.1) is 6.42 Å². The van der Waals surface area contributed by atoms with Crippen LogP contribution in [0.25, 0.3) is 11.3 Å². The smallest absolute Gasteiger partial charge is 0.414 e. The molecule has 0 atom stereocenters. The molecule has 0 radical (unpaired) electrons. The highest BCUT2D eigenvalue weighted by Crippen LogP contribution is 2.26. The summed E-state index contributed by atoms with van der Waals surface area (Å²) in [4.78, 5) is 18.2. The van der Waals surface area contributed by atoms with Gasteiger partial charge in [-0.05, 0) is 17.7 Å². The van der Waals surface area contributed by atoms with Crippen LogP contribution in [-0.2, 0) is 22.7 Å². The van der Waals surface area contributed by atoms with E-state index in [1.54, 1.807) is 7.11 Å². The second-order valence-corrected chi connectivity index (χ2v) is 6.34. The first-order chi connectivity index (χ1) is 14.9. The molecule has 8 nitrogen and oxygen atoms in total. The molecule has 2 aromatic carbocycles. The lowest BCUT2D eigenvalue weighted by atomic mass is 10.1. The van der Waals surface area contributed by atoms with Crippen molar-refractivity contribution in [3.63, 3.8) is 0 Å². The van der Waals surface area contributed by atoms with E-state index < -0.39 is 11.9 Å². The second-order valence-electron chi connectivity index (χ2n) is 6.34. The van der Waals surface area contributed by atoms with Gasteiger partial charge in [-0.1, -0.05) is 48.4 Å². The van der Waals surface area contributed by atoms with E-state index in [0.29, 0.717) is 13.1 Å². The summed E-state index contributed by atoms with van der Waals surface area (Å²) in [6, 6.07) is 18.2. The first-order valence-electron chi connectivity index (χ1n) is 9.29. The molecule has 0 saturated carbocycles. The third-order valence-corrected chi connectivity index (χ3v) is 4.09. The van der Waals surface area contributed by atoms with Gasteiger partial charge in [0.15, 0.2) is 0 Å². The van der Waals surface area contributed by atoms with Crippen LogP contribution in [0.1, 0.15) is 11.1 Å². The van der Waals surface area contributed by atoms with Gasteiger partial charge in [0.2, 0.25) is 0 Å². The van der Waals surface area contributed by atoms with Gasteiger partial charge < -0.3 is 20.3 Å². The van der Waals surface area contributed by atoms with Crippen molar-refractivity contribution in [2.45, 2.75) is 13.1 Å². The van der Waals surface area contributed by atoms with E-state index in [1.807, 2.05) is 47.1 Å². The van der Waals surface area contributed by atoms with Crippen LogP contribution >= 0.6 is 0 Å². The van der Waals surface area contributed by atoms with Gasteiger partial charge in [0.05, 0.1) is 25.9 Å². The number of carboxylic acid groups (broad SMARTS) is 2. The first-order valence-corrected chi connectivity index (χ1v) is 9.29. The monoisotopic (exact) mass is 421 g/mol. The predicted molar refractivity (Wildman–Crippen MR) is 116 cm³/mol. The highest BCUT2D eigenvalue weighted by atomic mass is 16.5. The number of methoxy groups -OCH3 is 1. The summed E-state index contributed by atoms with van der Waals surface area (Å²) in [6.45, 7) is 1.93. The molecule has 0 aliphatic rings. The maximum atomic E-state index is 9.10. The van der Waals surface area contributed by atoms with Crippen LogP contribution in [-0.4, -0.2) is 45.6 Å². The average Bonchev–Trinajstić information content (AvgIpc) is 3.17. The number of hydrogen-bond acceptors (Lipinski definition) is 5. The van der Waals surface area contributed by atoms with Crippen LogP contribution in [0.5, 0.6) is 5.75 Å². The SMILES string of the molecule is C#CCNCc1cn(Cc2ccccc2)nc1-c1cccc(OC)c1.O=C(O)C(=O)O. The Morgan fingerprint density at radius 1 is 1.13 bits per heavy atom. The fourth-order valence-corrected chi connectivity index (χ4v) is 2.73. The zero-order chi connectivity index (χ0) is 22.6. The van der Waals surface area contributed by atoms with Crippen molar-refractivity contribution in [1.82, 2.24) is 15.1 Å². The van der Waals surface area contributed by atoms with Crippen LogP contribution in [0.3, 0.4) is 0 Å². The van der Waals surface area contributed by atoms with Gasteiger partial charge in [-0.2, -0.15) is 5.10 Å². The molecule has 3 N–H and O–H groups in total. The summed E-state index contributed by atoms with van der Waals surface area (Å²) in [7, 11) is 1.67. The predicted octanol–water partition coefficient (Wildman–Crippen LogP) is 2.49. The molecule has 31 heavy (non-hydrogen) atoms. The summed E-state index contributed by atoms with van der Waals surface area (Å²) in [5.74, 6) is -0.227. The van der Waals surface area contributed by atoms with E-state index >= 15 is 0 Å². The number of carboxylic acids is 2. The number of nitrogens with one attached hydrogen (secondary N) is 1. The Labute approximate surface area is 180 Å². The summed E-state index contributed by atoms with van der Waals surface area (Å²) in [5, 5.41) is 22.8. The van der Waals surface area contributed by atoms with Gasteiger partial charge in [0.1, 0.15) is 5.75 Å². The lowest BCUT2D eigenvalue weighted by Gasteiger charge is -2.05. The Balaban J connectivity index is 0.000000501. The molecule has 160 valence electrons. The Bertz CT molecular complexity index is 1040. The van der Waals surface area contributed by atoms with Gasteiger partial charge in [0, 0.05) is 23.9 Å². The Morgan fingerprint density at radius 3 is 2.45 bits per heavy atom. The maximum Gasteiger partial charge on any atom is 0.414 e. The van der Waals surface area contributed by atoms with Crippen molar-refractivity contribution in [2.75, 3.05) is 13.7 Å². The summed E-state index contributed by atoms with van der Waals surface area (Å²) in [6.07, 6.45) is 7.41. The highest BCUT2D eigenvalue weighted by Gasteiger charge is 2.12. The number of nitrogens with zero attached hydrogens (tertiary/aromatic N) is 2. The third kappa shape index (κ3) is 7.34. The lowest BCUT2D eigenvalue weighted by Crippen LogP contribution is -2.13. The molecule has 0 fully saturated rings. The van der Waals surface area contributed by atoms with Crippen molar-refractivity contribution in [3.05, 3.63) is 71.9 Å². The minimum absolute atomic E-state index is 0.529. The quantitative estimate of drug-likeness (QED) is 0.305. The third-order valence-electron chi connectivity index (χ3n) is 4.09. The molecule has 0 spiro atoms. The number of hydrogen-bond donors (Lipinski definition) is 3. The van der Waals surface area contributed by atoms with Crippen molar-refractivity contribution in [2.24, 2.45) is 0 Å². The van der Waals surface area contributed by atoms with E-state index in [1.165, 1.54) is 5.56 Å². The molecule has 1 aromatic heterocycles. The summed E-state index contributed by atoms with van der Waals surface area (Å²) in [5.41, 5.74) is 4.30. The Kier molecular flexibility index (Phi) is 8.83. The standard InChI is InChI=1S/C21H21N3O.C2H2O4/c1-3-12-22-14-19-16-24(15-17-8-5-4-6-9-17)23-21(19)18-10-7-11-20(13-18)25-2;3-1(4)2(5)6/h1,4-11,13,16,22H,12,14-15H2,2H3;(H,3,4)(H,5,6). The number of aromatic nitrogens is 2. The number of ether oxygens (including phenoxy) is 1. The summed E-state index contributed by atoms with van der Waals surface area (Å²) < 4.78 is 7.31. The van der Waals surface area contributed by atoms with E-state index in [9.17, 15) is 0 Å². The van der Waals surface area contributed by atoms with Gasteiger partial charge >= 0.3 is 11.9 Å². The molecule has 0 aliphatic carbocycles. The molecule has 3 aromatic rings. The van der Waals surface area contributed by atoms with Crippen molar-refractivity contribution >= 4 is 11.9 Å². The molecule has 0 unspecified atom stereocenters. The van der Waals surface area contributed by atoms with Crippen molar-refractivity contribution in [3.8, 4) is 29.4 Å². The molecular formula is C23H23N3O5. The Hall–Kier alpha value is -4.09. The maximum absolute atomic E-state index is 9.10. The molecule has 0 aliphatic heterocycles. The molecule has 0 amide bonds. The average molecular weight is 421 g/mol. The number of terminal acetylenes is 1. The summed E-state index contributed by atoms with van der Waals surface area (Å²) >= 11 is 0. The second kappa shape index (κ2) is 11.8. The molecule has 0 bridgehead atoms. The van der Waals surface area contributed by atoms with Crippen LogP contribution in [0.2, 0.25) is 0 Å². The van der Waals surface area contributed by atoms with Gasteiger partial charge in [-0.25, -0.2) is 9.59 Å². The molecule has 1 heterocycles. The lowest BCUT2D eigenvalue weighted by molar-refractivity contribution is -0.159. The van der Waals surface area contributed by atoms with E-state index in [0.717, 1.165) is 29.1 Å². The molecule has 8 heteroatoms. The van der Waals surface area contributed by atoms with Gasteiger partial charge in [-0.3, -0.25) is 4.68 Å². The molecular weight excluding hydrogens is 398 g/mol. The van der Waals surface area contributed by atoms with E-state index in [4.69, 9.17) is 36.1 Å². The minimum Gasteiger partial charge on any atom is -0.497 e. The normalized spacial score (nSPS) is 9.81. The van der Waals surface area contributed by atoms with Crippen molar-refractivity contribution < 1.29 is 24.5 Å². The van der Waals surface area contributed by atoms with E-state index in [-0.39, 0.29) is 0 Å².